The van der Waals surface area contributed by atoms with Crippen molar-refractivity contribution >= 4 is 33.4 Å². The third-order valence-electron chi connectivity index (χ3n) is 5.71. The Morgan fingerprint density at radius 1 is 1.14 bits per heavy atom. The molecule has 0 bridgehead atoms. The zero-order valence-electron chi connectivity index (χ0n) is 19.4. The molecule has 4 aromatic rings. The van der Waals surface area contributed by atoms with Crippen LogP contribution in [0.3, 0.4) is 0 Å². The molecular weight excluding hydrogens is 480 g/mol. The van der Waals surface area contributed by atoms with Gasteiger partial charge in [-0.1, -0.05) is 54.6 Å². The lowest BCUT2D eigenvalue weighted by molar-refractivity contribution is 0.276. The molecule has 1 aliphatic rings. The zero-order chi connectivity index (χ0) is 25.1. The lowest BCUT2D eigenvalue weighted by Gasteiger charge is -2.19. The molecule has 0 amide bonds. The molecule has 0 radical (unpaired) electrons. The fraction of sp³-hybridized carbons (Fsp3) is 0.200. The molecule has 0 saturated heterocycles. The summed E-state index contributed by atoms with van der Waals surface area (Å²) in [5.74, 6) is 1.47. The molecule has 36 heavy (non-hydrogen) atoms. The number of nitrogens with one attached hydrogen (secondary N) is 2. The van der Waals surface area contributed by atoms with E-state index in [-0.39, 0.29) is 24.2 Å². The van der Waals surface area contributed by atoms with Crippen LogP contribution in [-0.4, -0.2) is 46.0 Å². The summed E-state index contributed by atoms with van der Waals surface area (Å²) < 4.78 is 30.0. The van der Waals surface area contributed by atoms with E-state index < -0.39 is 15.9 Å². The van der Waals surface area contributed by atoms with Crippen molar-refractivity contribution in [2.75, 3.05) is 23.0 Å². The van der Waals surface area contributed by atoms with Gasteiger partial charge in [-0.2, -0.15) is 9.97 Å². The number of fused-ring (bicyclic) bond motifs is 1. The van der Waals surface area contributed by atoms with Crippen LogP contribution in [0.2, 0.25) is 0 Å². The van der Waals surface area contributed by atoms with Crippen molar-refractivity contribution in [1.29, 1.82) is 0 Å². The highest BCUT2D eigenvalue weighted by Gasteiger charge is 2.22. The van der Waals surface area contributed by atoms with Gasteiger partial charge in [0, 0.05) is 18.3 Å². The van der Waals surface area contributed by atoms with Gasteiger partial charge in [0.05, 0.1) is 23.3 Å². The minimum Gasteiger partial charge on any atom is -0.394 e. The van der Waals surface area contributed by atoms with E-state index in [1.165, 1.54) is 0 Å². The van der Waals surface area contributed by atoms with Crippen molar-refractivity contribution in [3.63, 3.8) is 0 Å². The number of hydrogen-bond donors (Lipinski definition) is 3. The van der Waals surface area contributed by atoms with Crippen molar-refractivity contribution in [2.24, 2.45) is 0 Å². The first kappa shape index (κ1) is 23.6. The average Bonchev–Trinajstić information content (AvgIpc) is 3.37. The monoisotopic (exact) mass is 504 g/mol. The van der Waals surface area contributed by atoms with Crippen molar-refractivity contribution < 1.29 is 18.0 Å². The van der Waals surface area contributed by atoms with E-state index >= 15 is 0 Å². The van der Waals surface area contributed by atoms with Gasteiger partial charge in [-0.05, 0) is 29.3 Å². The molecule has 0 aliphatic carbocycles. The Morgan fingerprint density at radius 3 is 2.72 bits per heavy atom. The largest absolute Gasteiger partial charge is 0.394 e. The van der Waals surface area contributed by atoms with Crippen LogP contribution in [0, 0.1) is 0 Å². The summed E-state index contributed by atoms with van der Waals surface area (Å²) in [7, 11) is -3.32. The number of aliphatic hydroxyl groups excluding tert-OH is 1. The smallest absolute Gasteiger partial charge is 0.263 e. The van der Waals surface area contributed by atoms with Crippen molar-refractivity contribution in [3.8, 4) is 11.5 Å². The number of benzene rings is 2. The molecule has 5 rings (SSSR count). The summed E-state index contributed by atoms with van der Waals surface area (Å²) in [5, 5.41) is 20.4. The number of nitrogens with zero attached hydrogens (tertiary/aromatic N) is 4. The second-order valence-electron chi connectivity index (χ2n) is 8.18. The number of aliphatic hydroxyl groups is 1. The molecule has 1 aliphatic heterocycles. The summed E-state index contributed by atoms with van der Waals surface area (Å²) in [6, 6.07) is 14.0. The molecule has 0 saturated carbocycles. The summed E-state index contributed by atoms with van der Waals surface area (Å²) in [5.41, 5.74) is 2.59. The van der Waals surface area contributed by atoms with Crippen molar-refractivity contribution in [3.05, 3.63) is 77.8 Å². The van der Waals surface area contributed by atoms with Gasteiger partial charge in [0.25, 0.3) is 5.89 Å². The lowest BCUT2D eigenvalue weighted by Crippen LogP contribution is -2.17. The van der Waals surface area contributed by atoms with Gasteiger partial charge in [0.15, 0.2) is 15.7 Å². The minimum atomic E-state index is -3.32. The van der Waals surface area contributed by atoms with Gasteiger partial charge in [-0.25, -0.2) is 13.4 Å². The molecule has 11 heteroatoms. The highest BCUT2D eigenvalue weighted by atomic mass is 32.2. The Kier molecular flexibility index (Phi) is 6.49. The summed E-state index contributed by atoms with van der Waals surface area (Å²) in [4.78, 5) is 13.7. The number of aryl methyl sites for hydroxylation is 1. The van der Waals surface area contributed by atoms with Crippen molar-refractivity contribution in [1.82, 2.24) is 20.1 Å². The van der Waals surface area contributed by atoms with E-state index in [4.69, 9.17) is 4.52 Å². The predicted molar refractivity (Wildman–Crippen MR) is 135 cm³/mol. The molecule has 184 valence electrons. The highest BCUT2D eigenvalue weighted by molar-refractivity contribution is 7.91. The number of rotatable bonds is 8. The third-order valence-corrected chi connectivity index (χ3v) is 7.39. The van der Waals surface area contributed by atoms with Gasteiger partial charge >= 0.3 is 0 Å². The fourth-order valence-electron chi connectivity index (χ4n) is 3.86. The van der Waals surface area contributed by atoms with Gasteiger partial charge in [-0.15, -0.1) is 0 Å². The van der Waals surface area contributed by atoms with E-state index in [0.29, 0.717) is 39.8 Å². The summed E-state index contributed by atoms with van der Waals surface area (Å²) in [6.07, 6.45) is 5.58. The second-order valence-corrected chi connectivity index (χ2v) is 10.2. The van der Waals surface area contributed by atoms with Crippen LogP contribution in [-0.2, 0) is 16.3 Å². The molecule has 2 aromatic heterocycles. The second kappa shape index (κ2) is 9.88. The molecule has 0 spiro atoms. The van der Waals surface area contributed by atoms with Gasteiger partial charge in [0.2, 0.25) is 5.95 Å². The van der Waals surface area contributed by atoms with Crippen LogP contribution in [0.15, 0.2) is 70.2 Å². The van der Waals surface area contributed by atoms with E-state index in [0.717, 1.165) is 5.56 Å². The van der Waals surface area contributed by atoms with Gasteiger partial charge < -0.3 is 20.3 Å². The molecule has 3 N–H and O–H groups in total. The molecule has 10 nitrogen and oxygen atoms in total. The topological polar surface area (TPSA) is 143 Å². The van der Waals surface area contributed by atoms with Gasteiger partial charge in [0.1, 0.15) is 11.4 Å². The minimum absolute atomic E-state index is 0.00473. The maximum atomic E-state index is 12.3. The number of anilines is 3. The molecule has 0 fully saturated rings. The van der Waals surface area contributed by atoms with E-state index in [1.54, 1.807) is 36.5 Å². The predicted octanol–water partition coefficient (Wildman–Crippen LogP) is 3.78. The first-order valence-corrected chi connectivity index (χ1v) is 13.0. The number of hydrogen-bond acceptors (Lipinski definition) is 10. The molecular formula is C25H24N6O4S. The van der Waals surface area contributed by atoms with Crippen LogP contribution in [0.4, 0.5) is 17.5 Å². The van der Waals surface area contributed by atoms with E-state index in [1.807, 2.05) is 37.3 Å². The van der Waals surface area contributed by atoms with E-state index in [2.05, 4.69) is 30.7 Å². The maximum Gasteiger partial charge on any atom is 0.263 e. The highest BCUT2D eigenvalue weighted by Crippen LogP contribution is 2.31. The van der Waals surface area contributed by atoms with Gasteiger partial charge in [-0.3, -0.25) is 0 Å². The Bertz CT molecular complexity index is 1520. The Labute approximate surface area is 208 Å². The SMILES string of the molecule is CCc1noc(-c2cnc(Nc3ccc4c(c3)C=CCS4(=O)=O)nc2N[C@H](CO)c2ccccc2)n1. The van der Waals surface area contributed by atoms with Crippen LogP contribution < -0.4 is 10.6 Å². The first-order chi connectivity index (χ1) is 17.5. The molecule has 3 heterocycles. The first-order valence-electron chi connectivity index (χ1n) is 11.4. The van der Waals surface area contributed by atoms with Crippen molar-refractivity contribution in [2.45, 2.75) is 24.3 Å². The Balaban J connectivity index is 1.50. The molecule has 2 aromatic carbocycles. The molecule has 0 unspecified atom stereocenters. The number of sulfone groups is 1. The summed E-state index contributed by atoms with van der Waals surface area (Å²) in [6.45, 7) is 1.75. The fourth-order valence-corrected chi connectivity index (χ4v) is 5.15. The van der Waals surface area contributed by atoms with Crippen LogP contribution in [0.1, 0.15) is 29.9 Å². The third kappa shape index (κ3) is 4.83. The average molecular weight is 505 g/mol. The van der Waals surface area contributed by atoms with Crippen LogP contribution in [0.5, 0.6) is 0 Å². The van der Waals surface area contributed by atoms with Crippen LogP contribution in [0.25, 0.3) is 17.5 Å². The normalized spacial score (nSPS) is 14.7. The number of aromatic nitrogens is 4. The van der Waals surface area contributed by atoms with Crippen LogP contribution >= 0.6 is 0 Å². The lowest BCUT2D eigenvalue weighted by atomic mass is 10.1. The zero-order valence-corrected chi connectivity index (χ0v) is 20.2. The maximum absolute atomic E-state index is 12.3. The Hall–Kier alpha value is -4.09. The van der Waals surface area contributed by atoms with E-state index in [9.17, 15) is 13.5 Å². The Morgan fingerprint density at radius 2 is 1.97 bits per heavy atom. The summed E-state index contributed by atoms with van der Waals surface area (Å²) >= 11 is 0. The standard InChI is InChI=1S/C25H24N6O4S/c1-2-22-29-24(35-31-22)19-14-26-25(30-23(19)28-20(15-32)16-7-4-3-5-8-16)27-18-10-11-21-17(13-18)9-6-12-36(21,33)34/h3-11,13-14,20,32H,2,12,15H2,1H3,(H2,26,27,28,30)/t20-/m1/s1. The molecule has 1 atom stereocenters. The quantitative estimate of drug-likeness (QED) is 0.324.